The summed E-state index contributed by atoms with van der Waals surface area (Å²) in [5.41, 5.74) is -0.518. The monoisotopic (exact) mass is 276 g/mol. The second-order valence-corrected chi connectivity index (χ2v) is 4.77. The molecule has 1 aromatic heterocycles. The molecule has 98 valence electrons. The lowest BCUT2D eigenvalue weighted by Gasteiger charge is -2.04. The standard InChI is InChI=1S/C13H12N2O3S/c1-19-10-4-2-9(3-5-10)11(16)8-15-7-6-12(17)14-13(15)18/h2-7H,8H2,1H3,(H,14,17,18). The lowest BCUT2D eigenvalue weighted by atomic mass is 10.1. The Labute approximate surface area is 113 Å². The van der Waals surface area contributed by atoms with Crippen molar-refractivity contribution in [2.45, 2.75) is 11.4 Å². The molecular formula is C13H12N2O3S. The van der Waals surface area contributed by atoms with E-state index in [4.69, 9.17) is 0 Å². The zero-order valence-electron chi connectivity index (χ0n) is 10.3. The first-order chi connectivity index (χ1) is 9.10. The molecule has 0 aliphatic rings. The van der Waals surface area contributed by atoms with Crippen molar-refractivity contribution >= 4 is 17.5 Å². The van der Waals surface area contributed by atoms with Crippen molar-refractivity contribution in [2.24, 2.45) is 0 Å². The molecule has 0 aliphatic heterocycles. The summed E-state index contributed by atoms with van der Waals surface area (Å²) >= 11 is 1.59. The Morgan fingerprint density at radius 2 is 1.89 bits per heavy atom. The van der Waals surface area contributed by atoms with E-state index in [0.29, 0.717) is 5.56 Å². The van der Waals surface area contributed by atoms with E-state index in [1.807, 2.05) is 18.4 Å². The summed E-state index contributed by atoms with van der Waals surface area (Å²) in [7, 11) is 0. The fraction of sp³-hybridized carbons (Fsp3) is 0.154. The number of ketones is 1. The molecule has 0 amide bonds. The summed E-state index contributed by atoms with van der Waals surface area (Å²) in [6, 6.07) is 8.38. The van der Waals surface area contributed by atoms with Crippen LogP contribution in [0.4, 0.5) is 0 Å². The third-order valence-corrected chi connectivity index (χ3v) is 3.37. The summed E-state index contributed by atoms with van der Waals surface area (Å²) in [6.45, 7) is -0.0891. The molecule has 5 nitrogen and oxygen atoms in total. The number of H-pyrrole nitrogens is 1. The molecule has 19 heavy (non-hydrogen) atoms. The van der Waals surface area contributed by atoms with Gasteiger partial charge in [0.1, 0.15) is 0 Å². The number of rotatable bonds is 4. The zero-order valence-corrected chi connectivity index (χ0v) is 11.1. The van der Waals surface area contributed by atoms with Crippen LogP contribution in [0.15, 0.2) is 51.0 Å². The van der Waals surface area contributed by atoms with Gasteiger partial charge < -0.3 is 0 Å². The van der Waals surface area contributed by atoms with E-state index in [0.717, 1.165) is 4.90 Å². The molecule has 2 rings (SSSR count). The van der Waals surface area contributed by atoms with Gasteiger partial charge in [-0.15, -0.1) is 11.8 Å². The fourth-order valence-electron chi connectivity index (χ4n) is 1.59. The first-order valence-corrected chi connectivity index (χ1v) is 6.79. The van der Waals surface area contributed by atoms with E-state index in [1.54, 1.807) is 23.9 Å². The average Bonchev–Trinajstić information content (AvgIpc) is 2.42. The Morgan fingerprint density at radius 3 is 2.47 bits per heavy atom. The molecule has 0 saturated heterocycles. The molecule has 1 N–H and O–H groups in total. The van der Waals surface area contributed by atoms with Gasteiger partial charge in [0.05, 0.1) is 6.54 Å². The van der Waals surface area contributed by atoms with Crippen molar-refractivity contribution < 1.29 is 4.79 Å². The van der Waals surface area contributed by atoms with Crippen LogP contribution in [0.1, 0.15) is 10.4 Å². The first-order valence-electron chi connectivity index (χ1n) is 5.57. The van der Waals surface area contributed by atoms with E-state index in [1.165, 1.54) is 16.8 Å². The number of nitrogens with zero attached hydrogens (tertiary/aromatic N) is 1. The highest BCUT2D eigenvalue weighted by atomic mass is 32.2. The summed E-state index contributed by atoms with van der Waals surface area (Å²) in [6.07, 6.45) is 3.27. The van der Waals surface area contributed by atoms with Crippen LogP contribution in [0.25, 0.3) is 0 Å². The molecule has 1 heterocycles. The van der Waals surface area contributed by atoms with E-state index < -0.39 is 11.2 Å². The first kappa shape index (κ1) is 13.4. The Bertz CT molecular complexity index is 701. The molecule has 0 saturated carbocycles. The SMILES string of the molecule is CSc1ccc(C(=O)Cn2ccc(=O)[nH]c2=O)cc1. The van der Waals surface area contributed by atoms with Gasteiger partial charge in [-0.2, -0.15) is 0 Å². The minimum Gasteiger partial charge on any atom is -0.293 e. The van der Waals surface area contributed by atoms with E-state index >= 15 is 0 Å². The quantitative estimate of drug-likeness (QED) is 0.671. The Hall–Kier alpha value is -2.08. The Kier molecular flexibility index (Phi) is 4.01. The fourth-order valence-corrected chi connectivity index (χ4v) is 2.00. The van der Waals surface area contributed by atoms with Crippen LogP contribution in [0.5, 0.6) is 0 Å². The number of carbonyl (C=O) groups is 1. The van der Waals surface area contributed by atoms with Gasteiger partial charge in [0.25, 0.3) is 5.56 Å². The minimum absolute atomic E-state index is 0.0891. The number of aromatic nitrogens is 2. The van der Waals surface area contributed by atoms with Crippen LogP contribution in [0.2, 0.25) is 0 Å². The van der Waals surface area contributed by atoms with Crippen LogP contribution in [-0.4, -0.2) is 21.6 Å². The van der Waals surface area contributed by atoms with Gasteiger partial charge >= 0.3 is 5.69 Å². The van der Waals surface area contributed by atoms with Gasteiger partial charge in [-0.3, -0.25) is 19.1 Å². The number of hydrogen-bond donors (Lipinski definition) is 1. The second-order valence-electron chi connectivity index (χ2n) is 3.89. The smallest absolute Gasteiger partial charge is 0.293 e. The average molecular weight is 276 g/mol. The second kappa shape index (κ2) is 5.71. The van der Waals surface area contributed by atoms with E-state index in [2.05, 4.69) is 4.98 Å². The molecule has 6 heteroatoms. The van der Waals surface area contributed by atoms with Gasteiger partial charge in [0.15, 0.2) is 5.78 Å². The molecular weight excluding hydrogens is 264 g/mol. The number of benzene rings is 1. The third-order valence-electron chi connectivity index (χ3n) is 2.62. The molecule has 0 aliphatic carbocycles. The van der Waals surface area contributed by atoms with E-state index in [9.17, 15) is 14.4 Å². The number of nitrogens with one attached hydrogen (secondary N) is 1. The Balaban J connectivity index is 2.20. The lowest BCUT2D eigenvalue weighted by molar-refractivity contribution is 0.0970. The predicted molar refractivity (Wildman–Crippen MR) is 73.9 cm³/mol. The van der Waals surface area contributed by atoms with Crippen LogP contribution >= 0.6 is 11.8 Å². The third kappa shape index (κ3) is 3.23. The summed E-state index contributed by atoms with van der Waals surface area (Å²) in [5.74, 6) is -0.179. The molecule has 0 fully saturated rings. The van der Waals surface area contributed by atoms with Crippen molar-refractivity contribution in [3.05, 3.63) is 62.9 Å². The molecule has 0 unspecified atom stereocenters. The predicted octanol–water partition coefficient (Wildman–Crippen LogP) is 1.14. The number of hydrogen-bond acceptors (Lipinski definition) is 4. The van der Waals surface area contributed by atoms with Crippen molar-refractivity contribution in [2.75, 3.05) is 6.26 Å². The summed E-state index contributed by atoms with van der Waals surface area (Å²) < 4.78 is 1.17. The van der Waals surface area contributed by atoms with Crippen molar-refractivity contribution in [3.8, 4) is 0 Å². The van der Waals surface area contributed by atoms with Gasteiger partial charge in [-0.05, 0) is 18.4 Å². The van der Waals surface area contributed by atoms with Gasteiger partial charge in [-0.1, -0.05) is 12.1 Å². The number of Topliss-reactive ketones (excluding diaryl/α,β-unsaturated/α-hetero) is 1. The maximum Gasteiger partial charge on any atom is 0.328 e. The highest BCUT2D eigenvalue weighted by molar-refractivity contribution is 7.98. The number of thioether (sulfide) groups is 1. The van der Waals surface area contributed by atoms with Gasteiger partial charge in [0, 0.05) is 22.7 Å². The van der Waals surface area contributed by atoms with Crippen LogP contribution in [0, 0.1) is 0 Å². The molecule has 1 aromatic carbocycles. The molecule has 0 atom stereocenters. The number of aromatic amines is 1. The van der Waals surface area contributed by atoms with Crippen LogP contribution in [-0.2, 0) is 6.54 Å². The van der Waals surface area contributed by atoms with E-state index in [-0.39, 0.29) is 12.3 Å². The molecule has 0 spiro atoms. The van der Waals surface area contributed by atoms with Gasteiger partial charge in [-0.25, -0.2) is 4.79 Å². The topological polar surface area (TPSA) is 71.9 Å². The van der Waals surface area contributed by atoms with Crippen LogP contribution in [0.3, 0.4) is 0 Å². The maximum absolute atomic E-state index is 12.0. The Morgan fingerprint density at radius 1 is 1.21 bits per heavy atom. The zero-order chi connectivity index (χ0) is 13.8. The minimum atomic E-state index is -0.582. The largest absolute Gasteiger partial charge is 0.328 e. The van der Waals surface area contributed by atoms with Crippen molar-refractivity contribution in [1.29, 1.82) is 0 Å². The highest BCUT2D eigenvalue weighted by Crippen LogP contribution is 2.15. The summed E-state index contributed by atoms with van der Waals surface area (Å²) in [5, 5.41) is 0. The molecule has 0 radical (unpaired) electrons. The number of carbonyl (C=O) groups excluding carboxylic acids is 1. The summed E-state index contributed by atoms with van der Waals surface area (Å²) in [4.78, 5) is 37.5. The van der Waals surface area contributed by atoms with Gasteiger partial charge in [0.2, 0.25) is 0 Å². The molecule has 0 bridgehead atoms. The normalized spacial score (nSPS) is 10.4. The van der Waals surface area contributed by atoms with Crippen LogP contribution < -0.4 is 11.2 Å². The van der Waals surface area contributed by atoms with Crippen molar-refractivity contribution in [1.82, 2.24) is 9.55 Å². The molecule has 2 aromatic rings. The van der Waals surface area contributed by atoms with Crippen molar-refractivity contribution in [3.63, 3.8) is 0 Å². The lowest BCUT2D eigenvalue weighted by Crippen LogP contribution is -2.30. The maximum atomic E-state index is 12.0. The highest BCUT2D eigenvalue weighted by Gasteiger charge is 2.08.